The summed E-state index contributed by atoms with van der Waals surface area (Å²) in [5, 5.41) is 12.4. The molecule has 0 aliphatic carbocycles. The van der Waals surface area contributed by atoms with E-state index in [1.165, 1.54) is 0 Å². The van der Waals surface area contributed by atoms with Crippen molar-refractivity contribution in [1.82, 2.24) is 0 Å². The minimum atomic E-state index is -0.950. The molecule has 160 valence electrons. The average Bonchev–Trinajstić information content (AvgIpc) is 3.20. The van der Waals surface area contributed by atoms with Gasteiger partial charge in [0.25, 0.3) is 0 Å². The largest absolute Gasteiger partial charge is 0.497 e. The summed E-state index contributed by atoms with van der Waals surface area (Å²) in [5.74, 6) is -0.0811. The van der Waals surface area contributed by atoms with Crippen LogP contribution in [0.25, 0.3) is 6.08 Å². The molecule has 0 N–H and O–H groups in total. The van der Waals surface area contributed by atoms with Gasteiger partial charge in [-0.2, -0.15) is 0 Å². The second-order valence-corrected chi connectivity index (χ2v) is 8.07. The summed E-state index contributed by atoms with van der Waals surface area (Å²) < 4.78 is 5.23. The normalized spacial score (nSPS) is 23.3. The summed E-state index contributed by atoms with van der Waals surface area (Å²) >= 11 is 0. The maximum Gasteiger partial charge on any atom is 0.245 e. The number of benzene rings is 3. The van der Waals surface area contributed by atoms with Crippen molar-refractivity contribution in [2.24, 2.45) is 0 Å². The topological polar surface area (TPSA) is 72.7 Å². The van der Waals surface area contributed by atoms with Crippen molar-refractivity contribution in [3.63, 3.8) is 0 Å². The van der Waals surface area contributed by atoms with Gasteiger partial charge in [0.05, 0.1) is 13.0 Å². The fourth-order valence-electron chi connectivity index (χ4n) is 5.03. The van der Waals surface area contributed by atoms with Crippen LogP contribution >= 0.6 is 0 Å². The first-order chi connectivity index (χ1) is 15.6. The number of Topliss-reactive ketones (excluding diaryl/α,β-unsaturated/α-hetero) is 1. The lowest BCUT2D eigenvalue weighted by molar-refractivity contribution is -0.524. The number of ketones is 1. The lowest BCUT2D eigenvalue weighted by Crippen LogP contribution is -2.44. The van der Waals surface area contributed by atoms with Crippen LogP contribution in [-0.4, -0.2) is 35.9 Å². The Kier molecular flexibility index (Phi) is 4.98. The first-order valence-electron chi connectivity index (χ1n) is 10.5. The number of nitrogens with zero attached hydrogens (tertiary/aromatic N) is 2. The molecule has 2 aliphatic rings. The molecule has 32 heavy (non-hydrogen) atoms. The highest BCUT2D eigenvalue weighted by Crippen LogP contribution is 2.46. The van der Waals surface area contributed by atoms with Crippen molar-refractivity contribution in [2.75, 3.05) is 12.0 Å². The predicted octanol–water partition coefficient (Wildman–Crippen LogP) is 4.59. The maximum atomic E-state index is 13.9. The molecule has 1 saturated heterocycles. The molecular weight excluding hydrogens is 404 g/mol. The summed E-state index contributed by atoms with van der Waals surface area (Å²) in [6.07, 6.45) is 3.79. The molecule has 0 saturated carbocycles. The number of methoxy groups -OCH3 is 1. The molecule has 2 aliphatic heterocycles. The van der Waals surface area contributed by atoms with Crippen molar-refractivity contribution < 1.29 is 14.5 Å². The van der Waals surface area contributed by atoms with Gasteiger partial charge in [0.15, 0.2) is 5.78 Å². The Morgan fingerprint density at radius 3 is 2.34 bits per heavy atom. The van der Waals surface area contributed by atoms with Gasteiger partial charge < -0.3 is 9.64 Å². The molecule has 0 radical (unpaired) electrons. The highest BCUT2D eigenvalue weighted by Gasteiger charge is 2.58. The summed E-state index contributed by atoms with van der Waals surface area (Å²) in [6.45, 7) is 0. The third kappa shape index (κ3) is 3.15. The van der Waals surface area contributed by atoms with Crippen molar-refractivity contribution in [2.45, 2.75) is 24.0 Å². The van der Waals surface area contributed by atoms with Gasteiger partial charge >= 0.3 is 0 Å². The van der Waals surface area contributed by atoms with Gasteiger partial charge in [-0.3, -0.25) is 14.9 Å². The quantitative estimate of drug-likeness (QED) is 0.339. The zero-order valence-corrected chi connectivity index (χ0v) is 17.5. The molecule has 5 rings (SSSR count). The van der Waals surface area contributed by atoms with Crippen LogP contribution in [0.15, 0.2) is 84.9 Å². The molecule has 0 unspecified atom stereocenters. The number of hydrogen-bond donors (Lipinski definition) is 0. The van der Waals surface area contributed by atoms with E-state index < -0.39 is 24.0 Å². The number of ether oxygens (including phenoxy) is 1. The molecular formula is C26H22N2O4. The Balaban J connectivity index is 1.69. The highest BCUT2D eigenvalue weighted by molar-refractivity contribution is 6.04. The molecule has 4 atom stereocenters. The number of carbonyl (C=O) groups excluding carboxylic acids is 1. The summed E-state index contributed by atoms with van der Waals surface area (Å²) in [7, 11) is 1.57. The van der Waals surface area contributed by atoms with E-state index in [9.17, 15) is 14.9 Å². The molecule has 6 heteroatoms. The Hall–Kier alpha value is -3.93. The summed E-state index contributed by atoms with van der Waals surface area (Å²) in [4.78, 5) is 28.0. The minimum Gasteiger partial charge on any atom is -0.497 e. The fourth-order valence-corrected chi connectivity index (χ4v) is 5.03. The highest BCUT2D eigenvalue weighted by atomic mass is 16.6. The maximum absolute atomic E-state index is 13.9. The molecule has 3 aromatic rings. The van der Waals surface area contributed by atoms with Crippen molar-refractivity contribution in [1.29, 1.82) is 0 Å². The first-order valence-corrected chi connectivity index (χ1v) is 10.5. The van der Waals surface area contributed by atoms with E-state index >= 15 is 0 Å². The van der Waals surface area contributed by atoms with Gasteiger partial charge in [-0.1, -0.05) is 60.7 Å². The second-order valence-electron chi connectivity index (χ2n) is 8.07. The van der Waals surface area contributed by atoms with Crippen LogP contribution in [0.5, 0.6) is 5.75 Å². The minimum absolute atomic E-state index is 0.138. The number of carbonyl (C=O) groups is 1. The summed E-state index contributed by atoms with van der Waals surface area (Å²) in [6, 6.07) is 21.9. The van der Waals surface area contributed by atoms with E-state index in [1.807, 2.05) is 71.6 Å². The molecule has 0 spiro atoms. The third-order valence-electron chi connectivity index (χ3n) is 6.44. The molecule has 0 bridgehead atoms. The smallest absolute Gasteiger partial charge is 0.245 e. The predicted molar refractivity (Wildman–Crippen MR) is 123 cm³/mol. The van der Waals surface area contributed by atoms with E-state index in [0.29, 0.717) is 11.3 Å². The van der Waals surface area contributed by atoms with Crippen LogP contribution < -0.4 is 9.64 Å². The molecule has 1 fully saturated rings. The van der Waals surface area contributed by atoms with Crippen LogP contribution in [0.4, 0.5) is 5.69 Å². The van der Waals surface area contributed by atoms with Crippen LogP contribution in [0.2, 0.25) is 0 Å². The molecule has 2 heterocycles. The van der Waals surface area contributed by atoms with Crippen molar-refractivity contribution >= 4 is 17.5 Å². The van der Waals surface area contributed by atoms with Crippen LogP contribution in [0, 0.1) is 10.1 Å². The van der Waals surface area contributed by atoms with Crippen molar-refractivity contribution in [3.8, 4) is 5.75 Å². The van der Waals surface area contributed by atoms with Crippen LogP contribution in [0.1, 0.15) is 27.4 Å². The number of fused-ring (bicyclic) bond motifs is 3. The molecule has 0 amide bonds. The monoisotopic (exact) mass is 426 g/mol. The lowest BCUT2D eigenvalue weighted by Gasteiger charge is -2.34. The SMILES string of the molecule is COc1ccc(C(=O)[C@H]2[C@@H](c3ccccc3)[C@@H]([N+](=O)[O-])[C@@H]3C=Cc4ccccc4N32)cc1. The van der Waals surface area contributed by atoms with Gasteiger partial charge in [0.2, 0.25) is 6.04 Å². The average molecular weight is 426 g/mol. The van der Waals surface area contributed by atoms with Gasteiger partial charge in [-0.05, 0) is 41.5 Å². The molecule has 6 nitrogen and oxygen atoms in total. The van der Waals surface area contributed by atoms with E-state index in [-0.39, 0.29) is 10.7 Å². The number of rotatable bonds is 5. The van der Waals surface area contributed by atoms with Crippen LogP contribution in [-0.2, 0) is 0 Å². The zero-order valence-electron chi connectivity index (χ0n) is 17.5. The van der Waals surface area contributed by atoms with Gasteiger partial charge in [-0.15, -0.1) is 0 Å². The number of anilines is 1. The van der Waals surface area contributed by atoms with Gasteiger partial charge in [0.1, 0.15) is 17.8 Å². The van der Waals surface area contributed by atoms with Crippen molar-refractivity contribution in [3.05, 3.63) is 112 Å². The first kappa shape index (κ1) is 20.0. The van der Waals surface area contributed by atoms with Gasteiger partial charge in [0, 0.05) is 16.2 Å². The Labute approximate surface area is 185 Å². The number of nitro groups is 1. The Bertz CT molecular complexity index is 1190. The lowest BCUT2D eigenvalue weighted by atomic mass is 9.84. The number of hydrogen-bond acceptors (Lipinski definition) is 5. The fraction of sp³-hybridized carbons (Fsp3) is 0.192. The zero-order chi connectivity index (χ0) is 22.2. The van der Waals surface area contributed by atoms with E-state index in [4.69, 9.17) is 4.74 Å². The third-order valence-corrected chi connectivity index (χ3v) is 6.44. The van der Waals surface area contributed by atoms with E-state index in [1.54, 1.807) is 31.4 Å². The van der Waals surface area contributed by atoms with Crippen LogP contribution in [0.3, 0.4) is 0 Å². The second kappa shape index (κ2) is 7.96. The molecule has 3 aromatic carbocycles. The van der Waals surface area contributed by atoms with E-state index in [0.717, 1.165) is 16.8 Å². The standard InChI is InChI=1S/C26H22N2O4/c1-32-20-14-11-19(12-15-20)26(29)25-23(18-8-3-2-4-9-18)24(28(30)31)22-16-13-17-7-5-6-10-21(17)27(22)25/h2-16,22-25H,1H3/t22-,23-,24-,25+/m0/s1. The Morgan fingerprint density at radius 2 is 1.66 bits per heavy atom. The van der Waals surface area contributed by atoms with E-state index in [2.05, 4.69) is 0 Å². The summed E-state index contributed by atoms with van der Waals surface area (Å²) in [5.41, 5.74) is 3.09. The van der Waals surface area contributed by atoms with Gasteiger partial charge in [-0.25, -0.2) is 0 Å². The Morgan fingerprint density at radius 1 is 0.969 bits per heavy atom. The molecule has 0 aromatic heterocycles. The number of para-hydroxylation sites is 1.